The number of fused-ring (bicyclic) bond motifs is 2. The van der Waals surface area contributed by atoms with Crippen LogP contribution in [-0.4, -0.2) is 45.5 Å². The summed E-state index contributed by atoms with van der Waals surface area (Å²) >= 11 is 0. The van der Waals surface area contributed by atoms with Gasteiger partial charge in [-0.3, -0.25) is 14.8 Å². The Kier molecular flexibility index (Phi) is 3.72. The van der Waals surface area contributed by atoms with Crippen molar-refractivity contribution in [3.63, 3.8) is 0 Å². The predicted octanol–water partition coefficient (Wildman–Crippen LogP) is 3.16. The summed E-state index contributed by atoms with van der Waals surface area (Å²) in [4.78, 5) is 8.44. The number of pyridine rings is 1. The average molecular weight is 313 g/mol. The first-order valence-electron chi connectivity index (χ1n) is 7.67. The van der Waals surface area contributed by atoms with Gasteiger partial charge in [0.2, 0.25) is 0 Å². The van der Waals surface area contributed by atoms with Crippen LogP contribution in [0.2, 0.25) is 0 Å². The van der Waals surface area contributed by atoms with Crippen molar-refractivity contribution in [2.45, 2.75) is 57.5 Å². The molecule has 3 aliphatic rings. The van der Waals surface area contributed by atoms with Gasteiger partial charge < -0.3 is 0 Å². The van der Waals surface area contributed by atoms with Gasteiger partial charge in [0.15, 0.2) is 0 Å². The molecule has 3 saturated heterocycles. The van der Waals surface area contributed by atoms with Crippen LogP contribution in [0.5, 0.6) is 0 Å². The number of nitrogens with zero attached hydrogens (tertiary/aromatic N) is 3. The third-order valence-corrected chi connectivity index (χ3v) is 4.77. The minimum atomic E-state index is -4.36. The van der Waals surface area contributed by atoms with Crippen molar-refractivity contribution in [3.8, 4) is 0 Å². The number of aromatic nitrogens is 1. The summed E-state index contributed by atoms with van der Waals surface area (Å²) in [5, 5.41) is 0. The van der Waals surface area contributed by atoms with E-state index < -0.39 is 11.9 Å². The van der Waals surface area contributed by atoms with Crippen molar-refractivity contribution < 1.29 is 13.2 Å². The zero-order valence-electron chi connectivity index (χ0n) is 13.2. The van der Waals surface area contributed by atoms with Gasteiger partial charge in [0.1, 0.15) is 5.69 Å². The van der Waals surface area contributed by atoms with Crippen LogP contribution < -0.4 is 0 Å². The van der Waals surface area contributed by atoms with E-state index >= 15 is 0 Å². The van der Waals surface area contributed by atoms with E-state index in [0.29, 0.717) is 18.6 Å². The third kappa shape index (κ3) is 2.99. The maximum absolute atomic E-state index is 12.5. The first kappa shape index (κ1) is 15.7. The fourth-order valence-corrected chi connectivity index (χ4v) is 3.39. The van der Waals surface area contributed by atoms with Crippen molar-refractivity contribution in [1.82, 2.24) is 14.8 Å². The Morgan fingerprint density at radius 3 is 2.23 bits per heavy atom. The zero-order chi connectivity index (χ0) is 16.1. The molecule has 4 heterocycles. The van der Waals surface area contributed by atoms with Gasteiger partial charge in [0, 0.05) is 43.5 Å². The minimum absolute atomic E-state index is 0.179. The van der Waals surface area contributed by atoms with Crippen molar-refractivity contribution in [3.05, 3.63) is 29.6 Å². The number of piperazine rings is 1. The fraction of sp³-hybridized carbons (Fsp3) is 0.688. The van der Waals surface area contributed by atoms with E-state index in [1.165, 1.54) is 12.6 Å². The monoisotopic (exact) mass is 313 g/mol. The molecule has 2 bridgehead atoms. The number of halogens is 3. The summed E-state index contributed by atoms with van der Waals surface area (Å²) in [6.07, 6.45) is -1.81. The highest BCUT2D eigenvalue weighted by molar-refractivity contribution is 5.17. The van der Waals surface area contributed by atoms with Gasteiger partial charge in [0.05, 0.1) is 0 Å². The molecular weight excluding hydrogens is 291 g/mol. The molecule has 0 radical (unpaired) electrons. The Balaban J connectivity index is 1.62. The molecule has 0 aliphatic carbocycles. The molecule has 0 amide bonds. The molecule has 2 atom stereocenters. The maximum Gasteiger partial charge on any atom is 0.433 e. The van der Waals surface area contributed by atoms with Crippen LogP contribution in [0.25, 0.3) is 0 Å². The van der Waals surface area contributed by atoms with Gasteiger partial charge in [0.25, 0.3) is 0 Å². The van der Waals surface area contributed by atoms with E-state index in [1.54, 1.807) is 6.07 Å². The molecule has 3 nitrogen and oxygen atoms in total. The van der Waals surface area contributed by atoms with E-state index in [4.69, 9.17) is 0 Å². The summed E-state index contributed by atoms with van der Waals surface area (Å²) < 4.78 is 37.6. The molecule has 4 rings (SSSR count). The van der Waals surface area contributed by atoms with Crippen LogP contribution in [0.4, 0.5) is 13.2 Å². The molecule has 3 aliphatic heterocycles. The quantitative estimate of drug-likeness (QED) is 0.836. The smallest absolute Gasteiger partial charge is 0.295 e. The van der Waals surface area contributed by atoms with Crippen LogP contribution >= 0.6 is 0 Å². The highest BCUT2D eigenvalue weighted by Crippen LogP contribution is 2.36. The first-order valence-corrected chi connectivity index (χ1v) is 7.67. The standard InChI is InChI=1S/C16H22F3N3/c1-15(2,3)21-9-12-6-13(10-21)22(12)8-11-4-5-14(20-7-11)16(17,18)19/h4-5,7,12-13H,6,8-10H2,1-3H3. The second-order valence-corrected chi connectivity index (χ2v) is 7.34. The third-order valence-electron chi connectivity index (χ3n) is 4.77. The summed E-state index contributed by atoms with van der Waals surface area (Å²) in [5.41, 5.74) is 0.213. The first-order chi connectivity index (χ1) is 10.1. The molecular formula is C16H22F3N3. The Morgan fingerprint density at radius 2 is 1.77 bits per heavy atom. The number of rotatable bonds is 2. The van der Waals surface area contributed by atoms with Crippen molar-refractivity contribution in [2.75, 3.05) is 13.1 Å². The Morgan fingerprint density at radius 1 is 1.14 bits per heavy atom. The van der Waals surface area contributed by atoms with E-state index in [0.717, 1.165) is 24.7 Å². The number of hydrogen-bond acceptors (Lipinski definition) is 3. The molecule has 0 aromatic carbocycles. The maximum atomic E-state index is 12.5. The molecule has 0 N–H and O–H groups in total. The normalized spacial score (nSPS) is 26.8. The molecule has 0 spiro atoms. The molecule has 22 heavy (non-hydrogen) atoms. The molecule has 0 saturated carbocycles. The van der Waals surface area contributed by atoms with Crippen molar-refractivity contribution >= 4 is 0 Å². The van der Waals surface area contributed by atoms with Crippen LogP contribution in [0.3, 0.4) is 0 Å². The fourth-order valence-electron chi connectivity index (χ4n) is 3.39. The van der Waals surface area contributed by atoms with Gasteiger partial charge in [-0.25, -0.2) is 0 Å². The molecule has 122 valence electrons. The number of piperidine rings is 1. The summed E-state index contributed by atoms with van der Waals surface area (Å²) in [7, 11) is 0. The Bertz CT molecular complexity index is 521. The molecule has 6 heteroatoms. The lowest BCUT2D eigenvalue weighted by Crippen LogP contribution is -2.70. The van der Waals surface area contributed by atoms with Crippen LogP contribution in [0, 0.1) is 0 Å². The van der Waals surface area contributed by atoms with Crippen LogP contribution in [0.1, 0.15) is 38.4 Å². The summed E-state index contributed by atoms with van der Waals surface area (Å²) in [6, 6.07) is 3.65. The molecule has 2 unspecified atom stereocenters. The number of hydrogen-bond donors (Lipinski definition) is 0. The van der Waals surface area contributed by atoms with Gasteiger partial charge in [-0.05, 0) is 38.8 Å². The van der Waals surface area contributed by atoms with Gasteiger partial charge in [-0.2, -0.15) is 13.2 Å². The van der Waals surface area contributed by atoms with Gasteiger partial charge in [-0.15, -0.1) is 0 Å². The average Bonchev–Trinajstić information content (AvgIpc) is 2.43. The zero-order valence-corrected chi connectivity index (χ0v) is 13.2. The van der Waals surface area contributed by atoms with E-state index in [-0.39, 0.29) is 5.54 Å². The Labute approximate surface area is 129 Å². The largest absolute Gasteiger partial charge is 0.433 e. The van der Waals surface area contributed by atoms with Gasteiger partial charge >= 0.3 is 6.18 Å². The summed E-state index contributed by atoms with van der Waals surface area (Å²) in [5.74, 6) is 0. The highest BCUT2D eigenvalue weighted by Gasteiger charge is 2.46. The lowest BCUT2D eigenvalue weighted by molar-refractivity contribution is -0.141. The topological polar surface area (TPSA) is 19.4 Å². The van der Waals surface area contributed by atoms with E-state index in [2.05, 4.69) is 35.6 Å². The number of alkyl halides is 3. The SMILES string of the molecule is CC(C)(C)N1CC2CC(C1)N2Cc1ccc(C(F)(F)F)nc1. The second kappa shape index (κ2) is 5.20. The van der Waals surface area contributed by atoms with E-state index in [1.807, 2.05) is 0 Å². The van der Waals surface area contributed by atoms with Gasteiger partial charge in [-0.1, -0.05) is 6.07 Å². The lowest BCUT2D eigenvalue weighted by atomic mass is 9.84. The van der Waals surface area contributed by atoms with Crippen molar-refractivity contribution in [1.29, 1.82) is 0 Å². The summed E-state index contributed by atoms with van der Waals surface area (Å²) in [6.45, 7) is 9.44. The second-order valence-electron chi connectivity index (χ2n) is 7.34. The molecule has 1 aromatic rings. The highest BCUT2D eigenvalue weighted by atomic mass is 19.4. The van der Waals surface area contributed by atoms with Crippen LogP contribution in [0.15, 0.2) is 18.3 Å². The minimum Gasteiger partial charge on any atom is -0.295 e. The molecule has 1 aromatic heterocycles. The van der Waals surface area contributed by atoms with E-state index in [9.17, 15) is 13.2 Å². The predicted molar refractivity (Wildman–Crippen MR) is 78.3 cm³/mol. The van der Waals surface area contributed by atoms with Crippen molar-refractivity contribution in [2.24, 2.45) is 0 Å². The lowest BCUT2D eigenvalue weighted by Gasteiger charge is -2.59. The Hall–Kier alpha value is -1.14. The molecule has 3 fully saturated rings. The van der Waals surface area contributed by atoms with Crippen LogP contribution in [-0.2, 0) is 12.7 Å².